The van der Waals surface area contributed by atoms with E-state index in [0.717, 1.165) is 62.4 Å². The van der Waals surface area contributed by atoms with Crippen molar-refractivity contribution in [2.24, 2.45) is 0 Å². The van der Waals surface area contributed by atoms with E-state index in [1.807, 2.05) is 6.92 Å². The number of piperidine rings is 1. The lowest BCUT2D eigenvalue weighted by Gasteiger charge is -2.36. The number of hydrogen-bond donors (Lipinski definition) is 0. The van der Waals surface area contributed by atoms with Crippen LogP contribution in [0.1, 0.15) is 25.0 Å². The summed E-state index contributed by atoms with van der Waals surface area (Å²) in [6, 6.07) is 4.23. The molecule has 0 spiro atoms. The van der Waals surface area contributed by atoms with Crippen LogP contribution >= 0.6 is 0 Å². The van der Waals surface area contributed by atoms with Crippen LogP contribution in [0.4, 0.5) is 17.5 Å². The molecule has 0 aliphatic carbocycles. The molecule has 7 nitrogen and oxygen atoms in total. The van der Waals surface area contributed by atoms with Gasteiger partial charge in [0.1, 0.15) is 5.82 Å². The van der Waals surface area contributed by atoms with Crippen LogP contribution in [-0.4, -0.2) is 59.4 Å². The molecule has 25 heavy (non-hydrogen) atoms. The van der Waals surface area contributed by atoms with Crippen LogP contribution in [0.2, 0.25) is 0 Å². The summed E-state index contributed by atoms with van der Waals surface area (Å²) in [7, 11) is 0. The largest absolute Gasteiger partial charge is 0.355 e. The van der Waals surface area contributed by atoms with Gasteiger partial charge in [0.25, 0.3) is 0 Å². The molecule has 2 aromatic rings. The smallest absolute Gasteiger partial charge is 0.151 e. The first-order chi connectivity index (χ1) is 12.3. The van der Waals surface area contributed by atoms with Gasteiger partial charge in [-0.25, -0.2) is 4.98 Å². The van der Waals surface area contributed by atoms with Crippen LogP contribution in [0.3, 0.4) is 0 Å². The van der Waals surface area contributed by atoms with Gasteiger partial charge in [0.15, 0.2) is 11.6 Å². The minimum Gasteiger partial charge on any atom is -0.355 e. The van der Waals surface area contributed by atoms with Crippen LogP contribution in [-0.2, 0) is 0 Å². The quantitative estimate of drug-likeness (QED) is 0.846. The first-order valence-electron chi connectivity index (χ1n) is 9.17. The van der Waals surface area contributed by atoms with E-state index in [4.69, 9.17) is 0 Å². The zero-order chi connectivity index (χ0) is 17.1. The van der Waals surface area contributed by atoms with Gasteiger partial charge in [0, 0.05) is 51.7 Å². The number of hydrogen-bond acceptors (Lipinski definition) is 7. The van der Waals surface area contributed by atoms with Gasteiger partial charge in [0.05, 0.1) is 5.69 Å². The van der Waals surface area contributed by atoms with E-state index >= 15 is 0 Å². The third-order valence-corrected chi connectivity index (χ3v) is 5.07. The molecule has 0 amide bonds. The van der Waals surface area contributed by atoms with Crippen LogP contribution in [0.25, 0.3) is 0 Å². The van der Waals surface area contributed by atoms with Gasteiger partial charge < -0.3 is 14.7 Å². The fourth-order valence-electron chi connectivity index (χ4n) is 3.64. The Hall–Kier alpha value is -2.44. The lowest BCUT2D eigenvalue weighted by atomic mass is 10.1. The van der Waals surface area contributed by atoms with E-state index in [-0.39, 0.29) is 0 Å². The molecule has 0 unspecified atom stereocenters. The van der Waals surface area contributed by atoms with E-state index in [1.54, 1.807) is 12.4 Å². The summed E-state index contributed by atoms with van der Waals surface area (Å²) in [5.41, 5.74) is 0.988. The maximum atomic E-state index is 4.48. The van der Waals surface area contributed by atoms with Crippen molar-refractivity contribution in [3.63, 3.8) is 0 Å². The zero-order valence-corrected chi connectivity index (χ0v) is 14.8. The third kappa shape index (κ3) is 3.50. The number of anilines is 3. The molecule has 7 heteroatoms. The highest BCUT2D eigenvalue weighted by molar-refractivity contribution is 5.48. The van der Waals surface area contributed by atoms with E-state index in [0.29, 0.717) is 0 Å². The van der Waals surface area contributed by atoms with Crippen molar-refractivity contribution in [1.29, 1.82) is 0 Å². The normalized spacial score (nSPS) is 18.5. The standard InChI is InChI=1S/C18H25N7/c1-15-18(20-8-7-19-15)25-13-11-24(12-14-25)17-6-5-16(21-22-17)23-9-3-2-4-10-23/h5-8H,2-4,9-14H2,1H3. The number of piperazine rings is 1. The lowest BCUT2D eigenvalue weighted by molar-refractivity contribution is 0.570. The zero-order valence-electron chi connectivity index (χ0n) is 14.8. The third-order valence-electron chi connectivity index (χ3n) is 5.07. The number of rotatable bonds is 3. The molecule has 0 saturated carbocycles. The van der Waals surface area contributed by atoms with Crippen molar-refractivity contribution < 1.29 is 0 Å². The SMILES string of the molecule is Cc1nccnc1N1CCN(c2ccc(N3CCCCC3)nn2)CC1. The molecule has 0 radical (unpaired) electrons. The Morgan fingerprint density at radius 1 is 0.680 bits per heavy atom. The minimum absolute atomic E-state index is 0.924. The van der Waals surface area contributed by atoms with Gasteiger partial charge in [-0.1, -0.05) is 0 Å². The van der Waals surface area contributed by atoms with Crippen LogP contribution < -0.4 is 14.7 Å². The molecule has 2 fully saturated rings. The van der Waals surface area contributed by atoms with Crippen molar-refractivity contribution in [1.82, 2.24) is 20.2 Å². The summed E-state index contributed by atoms with van der Waals surface area (Å²) in [6.07, 6.45) is 7.35. The van der Waals surface area contributed by atoms with E-state index in [9.17, 15) is 0 Å². The lowest BCUT2D eigenvalue weighted by Crippen LogP contribution is -2.47. The van der Waals surface area contributed by atoms with Gasteiger partial charge in [-0.15, -0.1) is 10.2 Å². The van der Waals surface area contributed by atoms with Gasteiger partial charge in [-0.2, -0.15) is 0 Å². The average Bonchev–Trinajstić information content (AvgIpc) is 2.69. The maximum Gasteiger partial charge on any atom is 0.151 e. The topological polar surface area (TPSA) is 61.3 Å². The first kappa shape index (κ1) is 16.1. The number of aromatic nitrogens is 4. The van der Waals surface area contributed by atoms with Crippen molar-refractivity contribution in [2.45, 2.75) is 26.2 Å². The molecule has 2 aliphatic rings. The fourth-order valence-corrected chi connectivity index (χ4v) is 3.64. The molecule has 0 bridgehead atoms. The predicted octanol–water partition coefficient (Wildman–Crippen LogP) is 1.89. The summed E-state index contributed by atoms with van der Waals surface area (Å²) >= 11 is 0. The number of aryl methyl sites for hydroxylation is 1. The van der Waals surface area contributed by atoms with Crippen LogP contribution in [0, 0.1) is 6.92 Å². The molecule has 0 atom stereocenters. The average molecular weight is 339 g/mol. The molecule has 132 valence electrons. The van der Waals surface area contributed by atoms with E-state index in [1.165, 1.54) is 19.3 Å². The first-order valence-corrected chi connectivity index (χ1v) is 9.17. The van der Waals surface area contributed by atoms with Gasteiger partial charge >= 0.3 is 0 Å². The Labute approximate surface area is 148 Å². The highest BCUT2D eigenvalue weighted by Crippen LogP contribution is 2.21. The Balaban J connectivity index is 1.38. The molecule has 2 aliphatic heterocycles. The van der Waals surface area contributed by atoms with E-state index < -0.39 is 0 Å². The van der Waals surface area contributed by atoms with Crippen molar-refractivity contribution in [3.05, 3.63) is 30.2 Å². The van der Waals surface area contributed by atoms with Crippen molar-refractivity contribution >= 4 is 17.5 Å². The van der Waals surface area contributed by atoms with Crippen LogP contribution in [0.15, 0.2) is 24.5 Å². The molecule has 4 heterocycles. The molecule has 0 N–H and O–H groups in total. The van der Waals surface area contributed by atoms with Gasteiger partial charge in [0.2, 0.25) is 0 Å². The molecule has 0 aromatic carbocycles. The number of nitrogens with zero attached hydrogens (tertiary/aromatic N) is 7. The highest BCUT2D eigenvalue weighted by Gasteiger charge is 2.21. The Bertz CT molecular complexity index is 689. The summed E-state index contributed by atoms with van der Waals surface area (Å²) in [6.45, 7) is 7.92. The fraction of sp³-hybridized carbons (Fsp3) is 0.556. The summed E-state index contributed by atoms with van der Waals surface area (Å²) < 4.78 is 0. The van der Waals surface area contributed by atoms with Crippen molar-refractivity contribution in [3.8, 4) is 0 Å². The predicted molar refractivity (Wildman–Crippen MR) is 99.3 cm³/mol. The maximum absolute atomic E-state index is 4.48. The second-order valence-corrected chi connectivity index (χ2v) is 6.74. The molecular formula is C18H25N7. The van der Waals surface area contributed by atoms with Crippen LogP contribution in [0.5, 0.6) is 0 Å². The molecule has 2 saturated heterocycles. The summed E-state index contributed by atoms with van der Waals surface area (Å²) in [4.78, 5) is 15.8. The Morgan fingerprint density at radius 2 is 1.24 bits per heavy atom. The monoisotopic (exact) mass is 339 g/mol. The Kier molecular flexibility index (Phi) is 4.63. The Morgan fingerprint density at radius 3 is 1.84 bits per heavy atom. The molecule has 4 rings (SSSR count). The highest BCUT2D eigenvalue weighted by atomic mass is 15.3. The molecule has 2 aromatic heterocycles. The minimum atomic E-state index is 0.924. The van der Waals surface area contributed by atoms with Crippen molar-refractivity contribution in [2.75, 3.05) is 54.0 Å². The second kappa shape index (κ2) is 7.21. The second-order valence-electron chi connectivity index (χ2n) is 6.74. The summed E-state index contributed by atoms with van der Waals surface area (Å²) in [5.74, 6) is 2.97. The van der Waals surface area contributed by atoms with Gasteiger partial charge in [-0.05, 0) is 38.3 Å². The van der Waals surface area contributed by atoms with E-state index in [2.05, 4.69) is 47.0 Å². The molecular weight excluding hydrogens is 314 g/mol. The van der Waals surface area contributed by atoms with Gasteiger partial charge in [-0.3, -0.25) is 4.98 Å². The summed E-state index contributed by atoms with van der Waals surface area (Å²) in [5, 5.41) is 8.95.